The number of thiazole rings is 1. The standard InChI is InChI=1S/C15H22N2O3S/c1-11-16-12(10-21-11)9-17(2)13(18)7-15(8-14(19)20)5-3-4-6-15/h10H,3-9H2,1-2H3,(H,19,20). The minimum Gasteiger partial charge on any atom is -0.481 e. The van der Waals surface area contributed by atoms with Crippen LogP contribution in [0.25, 0.3) is 0 Å². The fourth-order valence-electron chi connectivity index (χ4n) is 3.13. The predicted molar refractivity (Wildman–Crippen MR) is 81.1 cm³/mol. The molecule has 0 saturated heterocycles. The van der Waals surface area contributed by atoms with Gasteiger partial charge in [0.05, 0.1) is 23.7 Å². The van der Waals surface area contributed by atoms with Gasteiger partial charge in [-0.3, -0.25) is 9.59 Å². The summed E-state index contributed by atoms with van der Waals surface area (Å²) in [5.41, 5.74) is 0.557. The number of nitrogens with zero attached hydrogens (tertiary/aromatic N) is 2. The van der Waals surface area contributed by atoms with E-state index in [0.29, 0.717) is 13.0 Å². The summed E-state index contributed by atoms with van der Waals surface area (Å²) in [6.07, 6.45) is 4.16. The van der Waals surface area contributed by atoms with Gasteiger partial charge in [0.1, 0.15) is 0 Å². The van der Waals surface area contributed by atoms with Gasteiger partial charge in [-0.05, 0) is 25.2 Å². The van der Waals surface area contributed by atoms with E-state index in [1.54, 1.807) is 23.3 Å². The first-order chi connectivity index (χ1) is 9.90. The van der Waals surface area contributed by atoms with E-state index in [0.717, 1.165) is 36.4 Å². The summed E-state index contributed by atoms with van der Waals surface area (Å²) in [5, 5.41) is 12.0. The van der Waals surface area contributed by atoms with Crippen molar-refractivity contribution in [3.63, 3.8) is 0 Å². The Morgan fingerprint density at radius 3 is 2.57 bits per heavy atom. The number of carboxylic acids is 1. The molecule has 0 unspecified atom stereocenters. The van der Waals surface area contributed by atoms with Crippen LogP contribution in [0.15, 0.2) is 5.38 Å². The molecule has 1 aromatic heterocycles. The lowest BCUT2D eigenvalue weighted by Gasteiger charge is -2.28. The Kier molecular flexibility index (Phi) is 4.98. The van der Waals surface area contributed by atoms with Gasteiger partial charge in [-0.25, -0.2) is 4.98 Å². The van der Waals surface area contributed by atoms with Crippen LogP contribution in [0.3, 0.4) is 0 Å². The molecular formula is C15H22N2O3S. The van der Waals surface area contributed by atoms with Gasteiger partial charge in [-0.1, -0.05) is 12.8 Å². The Morgan fingerprint density at radius 2 is 2.05 bits per heavy atom. The molecular weight excluding hydrogens is 288 g/mol. The zero-order valence-electron chi connectivity index (χ0n) is 12.6. The van der Waals surface area contributed by atoms with Crippen molar-refractivity contribution in [2.75, 3.05) is 7.05 Å². The van der Waals surface area contributed by atoms with Crippen molar-refractivity contribution in [2.24, 2.45) is 5.41 Å². The molecule has 1 N–H and O–H groups in total. The summed E-state index contributed by atoms with van der Waals surface area (Å²) in [6.45, 7) is 2.43. The van der Waals surface area contributed by atoms with Crippen molar-refractivity contribution in [3.05, 3.63) is 16.1 Å². The van der Waals surface area contributed by atoms with E-state index in [-0.39, 0.29) is 17.7 Å². The molecule has 1 aliphatic carbocycles. The maximum absolute atomic E-state index is 12.4. The molecule has 1 aromatic rings. The SMILES string of the molecule is Cc1nc(CN(C)C(=O)CC2(CC(=O)O)CCCC2)cs1. The van der Waals surface area contributed by atoms with Crippen molar-refractivity contribution >= 4 is 23.2 Å². The van der Waals surface area contributed by atoms with Crippen molar-refractivity contribution in [1.82, 2.24) is 9.88 Å². The molecule has 2 rings (SSSR count). The van der Waals surface area contributed by atoms with E-state index >= 15 is 0 Å². The van der Waals surface area contributed by atoms with Gasteiger partial charge in [-0.2, -0.15) is 0 Å². The van der Waals surface area contributed by atoms with Crippen LogP contribution in [0, 0.1) is 12.3 Å². The number of hydrogen-bond acceptors (Lipinski definition) is 4. The van der Waals surface area contributed by atoms with Gasteiger partial charge in [-0.15, -0.1) is 11.3 Å². The fourth-order valence-corrected chi connectivity index (χ4v) is 3.73. The number of hydrogen-bond donors (Lipinski definition) is 1. The Morgan fingerprint density at radius 1 is 1.38 bits per heavy atom. The normalized spacial score (nSPS) is 16.9. The van der Waals surface area contributed by atoms with Gasteiger partial charge < -0.3 is 10.0 Å². The Labute approximate surface area is 129 Å². The van der Waals surface area contributed by atoms with E-state index in [9.17, 15) is 9.59 Å². The molecule has 1 saturated carbocycles. The molecule has 1 amide bonds. The highest BCUT2D eigenvalue weighted by Gasteiger charge is 2.38. The number of carbonyl (C=O) groups excluding carboxylic acids is 1. The summed E-state index contributed by atoms with van der Waals surface area (Å²) >= 11 is 1.57. The van der Waals surface area contributed by atoms with Crippen molar-refractivity contribution in [3.8, 4) is 0 Å². The molecule has 0 aliphatic heterocycles. The lowest BCUT2D eigenvalue weighted by molar-refractivity contribution is -0.141. The largest absolute Gasteiger partial charge is 0.481 e. The highest BCUT2D eigenvalue weighted by molar-refractivity contribution is 7.09. The second-order valence-electron chi connectivity index (χ2n) is 6.06. The third kappa shape index (κ3) is 4.27. The monoisotopic (exact) mass is 310 g/mol. The molecule has 1 fully saturated rings. The summed E-state index contributed by atoms with van der Waals surface area (Å²) in [7, 11) is 1.76. The van der Waals surface area contributed by atoms with Gasteiger partial charge in [0, 0.05) is 18.8 Å². The third-order valence-electron chi connectivity index (χ3n) is 4.21. The zero-order chi connectivity index (χ0) is 15.5. The van der Waals surface area contributed by atoms with E-state index < -0.39 is 5.97 Å². The van der Waals surface area contributed by atoms with Gasteiger partial charge in [0.15, 0.2) is 0 Å². The van der Waals surface area contributed by atoms with Crippen molar-refractivity contribution in [1.29, 1.82) is 0 Å². The molecule has 1 aliphatic rings. The first-order valence-corrected chi connectivity index (χ1v) is 8.15. The number of carboxylic acid groups (broad SMARTS) is 1. The average molecular weight is 310 g/mol. The first-order valence-electron chi connectivity index (χ1n) is 7.27. The number of amides is 1. The lowest BCUT2D eigenvalue weighted by atomic mass is 9.79. The van der Waals surface area contributed by atoms with Crippen LogP contribution in [0.2, 0.25) is 0 Å². The smallest absolute Gasteiger partial charge is 0.303 e. The maximum atomic E-state index is 12.4. The van der Waals surface area contributed by atoms with E-state index in [4.69, 9.17) is 5.11 Å². The average Bonchev–Trinajstić information content (AvgIpc) is 2.98. The number of aromatic nitrogens is 1. The molecule has 6 heteroatoms. The highest BCUT2D eigenvalue weighted by atomic mass is 32.1. The quantitative estimate of drug-likeness (QED) is 0.877. The molecule has 0 spiro atoms. The van der Waals surface area contributed by atoms with Crippen LogP contribution in [0.1, 0.15) is 49.2 Å². The molecule has 0 atom stereocenters. The van der Waals surface area contributed by atoms with Crippen LogP contribution >= 0.6 is 11.3 Å². The molecule has 0 bridgehead atoms. The summed E-state index contributed by atoms with van der Waals surface area (Å²) in [6, 6.07) is 0. The molecule has 1 heterocycles. The molecule has 0 aromatic carbocycles. The molecule has 0 radical (unpaired) electrons. The molecule has 21 heavy (non-hydrogen) atoms. The lowest BCUT2D eigenvalue weighted by Crippen LogP contribution is -2.33. The van der Waals surface area contributed by atoms with E-state index in [2.05, 4.69) is 4.98 Å². The second-order valence-corrected chi connectivity index (χ2v) is 7.12. The Hall–Kier alpha value is -1.43. The molecule has 5 nitrogen and oxygen atoms in total. The van der Waals surface area contributed by atoms with E-state index in [1.807, 2.05) is 12.3 Å². The van der Waals surface area contributed by atoms with Crippen molar-refractivity contribution < 1.29 is 14.7 Å². The topological polar surface area (TPSA) is 70.5 Å². The number of aryl methyl sites for hydroxylation is 1. The summed E-state index contributed by atoms with van der Waals surface area (Å²) in [4.78, 5) is 29.5. The number of aliphatic carboxylic acids is 1. The summed E-state index contributed by atoms with van der Waals surface area (Å²) in [5.74, 6) is -0.786. The Balaban J connectivity index is 1.96. The van der Waals surface area contributed by atoms with Crippen LogP contribution in [0.4, 0.5) is 0 Å². The fraction of sp³-hybridized carbons (Fsp3) is 0.667. The minimum atomic E-state index is -0.803. The molecule has 116 valence electrons. The minimum absolute atomic E-state index is 0.0174. The van der Waals surface area contributed by atoms with Gasteiger partial charge in [0.2, 0.25) is 5.91 Å². The van der Waals surface area contributed by atoms with Gasteiger partial charge in [0.25, 0.3) is 0 Å². The number of carbonyl (C=O) groups is 2. The Bertz CT molecular complexity index is 521. The zero-order valence-corrected chi connectivity index (χ0v) is 13.4. The van der Waals surface area contributed by atoms with Crippen LogP contribution < -0.4 is 0 Å². The number of rotatable bonds is 6. The van der Waals surface area contributed by atoms with Crippen LogP contribution in [-0.2, 0) is 16.1 Å². The third-order valence-corrected chi connectivity index (χ3v) is 5.03. The summed E-state index contributed by atoms with van der Waals surface area (Å²) < 4.78 is 0. The maximum Gasteiger partial charge on any atom is 0.303 e. The van der Waals surface area contributed by atoms with Crippen LogP contribution in [0.5, 0.6) is 0 Å². The van der Waals surface area contributed by atoms with Crippen molar-refractivity contribution in [2.45, 2.75) is 52.0 Å². The highest BCUT2D eigenvalue weighted by Crippen LogP contribution is 2.44. The van der Waals surface area contributed by atoms with Crippen LogP contribution in [-0.4, -0.2) is 33.9 Å². The second kappa shape index (κ2) is 6.56. The predicted octanol–water partition coefficient (Wildman–Crippen LogP) is 2.84. The van der Waals surface area contributed by atoms with E-state index in [1.165, 1.54) is 0 Å². The first kappa shape index (κ1) is 15.9. The van der Waals surface area contributed by atoms with Gasteiger partial charge >= 0.3 is 5.97 Å².